The summed E-state index contributed by atoms with van der Waals surface area (Å²) in [5.74, 6) is 0.863. The van der Waals surface area contributed by atoms with E-state index in [1.54, 1.807) is 7.11 Å². The van der Waals surface area contributed by atoms with Crippen LogP contribution in [-0.2, 0) is 11.3 Å². The van der Waals surface area contributed by atoms with E-state index in [1.807, 2.05) is 24.0 Å². The van der Waals surface area contributed by atoms with Crippen LogP contribution in [0.3, 0.4) is 0 Å². The second-order valence-corrected chi connectivity index (χ2v) is 5.62. The van der Waals surface area contributed by atoms with E-state index >= 15 is 0 Å². The number of guanidine groups is 1. The van der Waals surface area contributed by atoms with Crippen molar-refractivity contribution in [2.24, 2.45) is 4.99 Å². The van der Waals surface area contributed by atoms with E-state index in [1.165, 1.54) is 5.56 Å². The summed E-state index contributed by atoms with van der Waals surface area (Å²) in [4.78, 5) is 6.89. The second-order valence-electron chi connectivity index (χ2n) is 5.62. The number of nitrogens with one attached hydrogen (secondary N) is 2. The molecule has 1 aromatic heterocycles. The SMILES string of the molecule is CCNC(=NCCN(C)CCCOC)NCCn1cc(C)cn1.I. The Morgan fingerprint density at radius 1 is 1.38 bits per heavy atom. The maximum Gasteiger partial charge on any atom is 0.191 e. The molecule has 0 saturated heterocycles. The number of hydrogen-bond acceptors (Lipinski definition) is 4. The molecular formula is C16H33IN6O. The number of likely N-dealkylation sites (N-methyl/N-ethyl adjacent to an activating group) is 1. The van der Waals surface area contributed by atoms with Crippen LogP contribution in [0.5, 0.6) is 0 Å². The van der Waals surface area contributed by atoms with E-state index < -0.39 is 0 Å². The normalized spacial score (nSPS) is 11.5. The Hall–Kier alpha value is -0.870. The third kappa shape index (κ3) is 10.8. The lowest BCUT2D eigenvalue weighted by atomic mass is 10.4. The average molecular weight is 452 g/mol. The Morgan fingerprint density at radius 2 is 2.17 bits per heavy atom. The molecular weight excluding hydrogens is 419 g/mol. The highest BCUT2D eigenvalue weighted by molar-refractivity contribution is 14.0. The highest BCUT2D eigenvalue weighted by Crippen LogP contribution is 1.93. The molecule has 8 heteroatoms. The molecule has 0 amide bonds. The smallest absolute Gasteiger partial charge is 0.191 e. The zero-order chi connectivity index (χ0) is 16.9. The van der Waals surface area contributed by atoms with Crippen molar-refractivity contribution in [1.82, 2.24) is 25.3 Å². The van der Waals surface area contributed by atoms with Crippen molar-refractivity contribution in [3.63, 3.8) is 0 Å². The molecule has 0 fully saturated rings. The lowest BCUT2D eigenvalue weighted by Crippen LogP contribution is -2.39. The summed E-state index contributed by atoms with van der Waals surface area (Å²) in [6.07, 6.45) is 4.97. The van der Waals surface area contributed by atoms with Crippen molar-refractivity contribution < 1.29 is 4.74 Å². The molecule has 2 N–H and O–H groups in total. The fraction of sp³-hybridized carbons (Fsp3) is 0.750. The van der Waals surface area contributed by atoms with Gasteiger partial charge in [0.25, 0.3) is 0 Å². The molecule has 0 aliphatic heterocycles. The van der Waals surface area contributed by atoms with Gasteiger partial charge < -0.3 is 20.3 Å². The minimum absolute atomic E-state index is 0. The first-order chi connectivity index (χ1) is 11.2. The van der Waals surface area contributed by atoms with E-state index in [0.717, 1.165) is 58.3 Å². The summed E-state index contributed by atoms with van der Waals surface area (Å²) in [5, 5.41) is 10.9. The molecule has 1 heterocycles. The number of nitrogens with zero attached hydrogens (tertiary/aromatic N) is 4. The fourth-order valence-electron chi connectivity index (χ4n) is 2.14. The van der Waals surface area contributed by atoms with Crippen LogP contribution in [-0.4, -0.2) is 74.1 Å². The Balaban J connectivity index is 0.00000529. The summed E-state index contributed by atoms with van der Waals surface area (Å²) in [7, 11) is 3.86. The molecule has 0 atom stereocenters. The molecule has 0 spiro atoms. The van der Waals surface area contributed by atoms with Crippen molar-refractivity contribution in [3.8, 4) is 0 Å². The topological polar surface area (TPSA) is 66.7 Å². The third-order valence-electron chi connectivity index (χ3n) is 3.38. The van der Waals surface area contributed by atoms with E-state index in [9.17, 15) is 0 Å². The molecule has 1 rings (SSSR count). The van der Waals surface area contributed by atoms with Crippen LogP contribution >= 0.6 is 24.0 Å². The second kappa shape index (κ2) is 14.5. The van der Waals surface area contributed by atoms with Gasteiger partial charge in [0.2, 0.25) is 0 Å². The summed E-state index contributed by atoms with van der Waals surface area (Å²) in [6, 6.07) is 0. The van der Waals surface area contributed by atoms with Gasteiger partial charge in [-0.15, -0.1) is 24.0 Å². The number of aromatic nitrogens is 2. The molecule has 0 aliphatic carbocycles. The number of methoxy groups -OCH3 is 1. The predicted molar refractivity (Wildman–Crippen MR) is 110 cm³/mol. The van der Waals surface area contributed by atoms with Gasteiger partial charge in [-0.3, -0.25) is 9.67 Å². The van der Waals surface area contributed by atoms with Gasteiger partial charge in [-0.05, 0) is 32.9 Å². The number of aryl methyl sites for hydroxylation is 1. The monoisotopic (exact) mass is 452 g/mol. The number of hydrogen-bond donors (Lipinski definition) is 2. The van der Waals surface area contributed by atoms with Crippen molar-refractivity contribution in [2.45, 2.75) is 26.8 Å². The van der Waals surface area contributed by atoms with E-state index in [0.29, 0.717) is 0 Å². The lowest BCUT2D eigenvalue weighted by molar-refractivity contribution is 0.180. The molecule has 0 unspecified atom stereocenters. The standard InChI is InChI=1S/C16H32N6O.HI/c1-5-17-16(18-7-10-21(3)9-6-12-23-4)19-8-11-22-14-15(2)13-20-22;/h13-14H,5-12H2,1-4H3,(H2,17,18,19);1H. The van der Waals surface area contributed by atoms with Crippen LogP contribution in [0.25, 0.3) is 0 Å². The Kier molecular flexibility index (Phi) is 13.9. The largest absolute Gasteiger partial charge is 0.385 e. The first kappa shape index (κ1) is 23.1. The minimum atomic E-state index is 0. The maximum absolute atomic E-state index is 5.07. The highest BCUT2D eigenvalue weighted by atomic mass is 127. The van der Waals surface area contributed by atoms with Gasteiger partial charge in [0.15, 0.2) is 5.96 Å². The quantitative estimate of drug-likeness (QED) is 0.230. The lowest BCUT2D eigenvalue weighted by Gasteiger charge is -2.16. The summed E-state index contributed by atoms with van der Waals surface area (Å²) < 4.78 is 7.01. The van der Waals surface area contributed by atoms with E-state index in [2.05, 4.69) is 39.6 Å². The van der Waals surface area contributed by atoms with Crippen LogP contribution in [0.2, 0.25) is 0 Å². The summed E-state index contributed by atoms with van der Waals surface area (Å²) >= 11 is 0. The van der Waals surface area contributed by atoms with Crippen LogP contribution < -0.4 is 10.6 Å². The molecule has 7 nitrogen and oxygen atoms in total. The van der Waals surface area contributed by atoms with Gasteiger partial charge in [0, 0.05) is 46.1 Å². The average Bonchev–Trinajstić information content (AvgIpc) is 2.93. The minimum Gasteiger partial charge on any atom is -0.385 e. The van der Waals surface area contributed by atoms with E-state index in [-0.39, 0.29) is 24.0 Å². The van der Waals surface area contributed by atoms with Crippen molar-refractivity contribution in [3.05, 3.63) is 18.0 Å². The van der Waals surface area contributed by atoms with Crippen molar-refractivity contribution in [1.29, 1.82) is 0 Å². The zero-order valence-electron chi connectivity index (χ0n) is 15.4. The molecule has 140 valence electrons. The van der Waals surface area contributed by atoms with Gasteiger partial charge in [0.05, 0.1) is 19.3 Å². The molecule has 0 aliphatic rings. The Bertz CT molecular complexity index is 452. The fourth-order valence-corrected chi connectivity index (χ4v) is 2.14. The molecule has 0 bridgehead atoms. The molecule has 0 saturated carbocycles. The zero-order valence-corrected chi connectivity index (χ0v) is 17.7. The van der Waals surface area contributed by atoms with Crippen LogP contribution in [0.15, 0.2) is 17.4 Å². The van der Waals surface area contributed by atoms with Gasteiger partial charge in [-0.25, -0.2) is 0 Å². The predicted octanol–water partition coefficient (Wildman–Crippen LogP) is 1.33. The van der Waals surface area contributed by atoms with Crippen molar-refractivity contribution >= 4 is 29.9 Å². The molecule has 1 aromatic rings. The Labute approximate surface area is 163 Å². The van der Waals surface area contributed by atoms with E-state index in [4.69, 9.17) is 4.74 Å². The maximum atomic E-state index is 5.07. The van der Waals surface area contributed by atoms with Gasteiger partial charge in [0.1, 0.15) is 0 Å². The summed E-state index contributed by atoms with van der Waals surface area (Å²) in [6.45, 7) is 10.2. The Morgan fingerprint density at radius 3 is 2.79 bits per heavy atom. The summed E-state index contributed by atoms with van der Waals surface area (Å²) in [5.41, 5.74) is 1.18. The van der Waals surface area contributed by atoms with Crippen LogP contribution in [0.4, 0.5) is 0 Å². The number of rotatable bonds is 11. The van der Waals surface area contributed by atoms with Gasteiger partial charge in [-0.1, -0.05) is 0 Å². The van der Waals surface area contributed by atoms with Gasteiger partial charge >= 0.3 is 0 Å². The van der Waals surface area contributed by atoms with Gasteiger partial charge in [-0.2, -0.15) is 5.10 Å². The molecule has 0 aromatic carbocycles. The number of halogens is 1. The molecule has 24 heavy (non-hydrogen) atoms. The van der Waals surface area contributed by atoms with Crippen molar-refractivity contribution in [2.75, 3.05) is 53.5 Å². The number of ether oxygens (including phenoxy) is 1. The molecule has 0 radical (unpaired) electrons. The first-order valence-electron chi connectivity index (χ1n) is 8.34. The highest BCUT2D eigenvalue weighted by Gasteiger charge is 2.00. The third-order valence-corrected chi connectivity index (χ3v) is 3.38. The first-order valence-corrected chi connectivity index (χ1v) is 8.34. The van der Waals surface area contributed by atoms with Crippen LogP contribution in [0.1, 0.15) is 18.9 Å². The van der Waals surface area contributed by atoms with Crippen LogP contribution in [0, 0.1) is 6.92 Å². The number of aliphatic imine (C=N–C) groups is 1.